The molecule has 5 heteroatoms. The van der Waals surface area contributed by atoms with Crippen LogP contribution in [-0.4, -0.2) is 27.6 Å². The average molecular weight is 257 g/mol. The van der Waals surface area contributed by atoms with Crippen LogP contribution in [0.25, 0.3) is 0 Å². The van der Waals surface area contributed by atoms with Gasteiger partial charge in [0.15, 0.2) is 0 Å². The lowest BCUT2D eigenvalue weighted by Crippen LogP contribution is -2.23. The minimum atomic E-state index is -0.897. The van der Waals surface area contributed by atoms with Crippen LogP contribution in [0.15, 0.2) is 24.3 Å². The number of H-pyrrole nitrogens is 1. The molecule has 3 N–H and O–H groups in total. The maximum Gasteiger partial charge on any atom is 0.335 e. The van der Waals surface area contributed by atoms with Gasteiger partial charge in [-0.1, -0.05) is 12.1 Å². The monoisotopic (exact) mass is 257 g/mol. The predicted octanol–water partition coefficient (Wildman–Crippen LogP) is 1.34. The number of hydrogen-bond donors (Lipinski definition) is 3. The summed E-state index contributed by atoms with van der Waals surface area (Å²) in [4.78, 5) is 18.7. The standard InChI is InChI=1S/C14H15N3O2/c18-14(19)10-3-1-9(2-4-10)7-13-16-11-5-6-15-8-12(11)17-13/h1-4,15H,5-8H2,(H,16,17)(H,18,19). The highest BCUT2D eigenvalue weighted by atomic mass is 16.4. The third kappa shape index (κ3) is 2.51. The van der Waals surface area contributed by atoms with Gasteiger partial charge in [-0.05, 0) is 17.7 Å². The van der Waals surface area contributed by atoms with Crippen LogP contribution in [0, 0.1) is 0 Å². The molecule has 1 aliphatic rings. The fraction of sp³-hybridized carbons (Fsp3) is 0.286. The number of rotatable bonds is 3. The molecular formula is C14H15N3O2. The number of carboxylic acids is 1. The first-order chi connectivity index (χ1) is 9.22. The molecule has 1 aliphatic heterocycles. The number of benzene rings is 1. The van der Waals surface area contributed by atoms with E-state index in [9.17, 15) is 4.79 Å². The summed E-state index contributed by atoms with van der Waals surface area (Å²) in [7, 11) is 0. The number of carboxylic acid groups (broad SMARTS) is 1. The minimum Gasteiger partial charge on any atom is -0.478 e. The maximum atomic E-state index is 10.8. The van der Waals surface area contributed by atoms with Crippen LogP contribution in [-0.2, 0) is 19.4 Å². The number of aromatic amines is 1. The average Bonchev–Trinajstić information content (AvgIpc) is 2.81. The smallest absolute Gasteiger partial charge is 0.335 e. The number of aromatic nitrogens is 2. The molecule has 0 radical (unpaired) electrons. The molecule has 98 valence electrons. The molecule has 0 atom stereocenters. The highest BCUT2D eigenvalue weighted by molar-refractivity contribution is 5.87. The van der Waals surface area contributed by atoms with Gasteiger partial charge in [-0.3, -0.25) is 0 Å². The summed E-state index contributed by atoms with van der Waals surface area (Å²) in [6, 6.07) is 6.93. The van der Waals surface area contributed by atoms with E-state index in [2.05, 4.69) is 15.3 Å². The van der Waals surface area contributed by atoms with Gasteiger partial charge in [0.1, 0.15) is 5.82 Å². The maximum absolute atomic E-state index is 10.8. The van der Waals surface area contributed by atoms with E-state index in [-0.39, 0.29) is 0 Å². The molecule has 2 heterocycles. The van der Waals surface area contributed by atoms with Gasteiger partial charge in [-0.25, -0.2) is 9.78 Å². The molecule has 0 bridgehead atoms. The number of nitrogens with one attached hydrogen (secondary N) is 2. The van der Waals surface area contributed by atoms with Crippen LogP contribution < -0.4 is 5.32 Å². The van der Waals surface area contributed by atoms with Crippen LogP contribution in [0.2, 0.25) is 0 Å². The van der Waals surface area contributed by atoms with Gasteiger partial charge in [0, 0.05) is 25.9 Å². The van der Waals surface area contributed by atoms with Crippen LogP contribution in [0.1, 0.15) is 33.1 Å². The number of aromatic carboxylic acids is 1. The first-order valence-electron chi connectivity index (χ1n) is 6.32. The van der Waals surface area contributed by atoms with Gasteiger partial charge < -0.3 is 15.4 Å². The van der Waals surface area contributed by atoms with Crippen molar-refractivity contribution in [1.29, 1.82) is 0 Å². The first-order valence-corrected chi connectivity index (χ1v) is 6.32. The van der Waals surface area contributed by atoms with E-state index in [0.717, 1.165) is 36.6 Å². The summed E-state index contributed by atoms with van der Waals surface area (Å²) in [5, 5.41) is 12.2. The number of carbonyl (C=O) groups is 1. The van der Waals surface area contributed by atoms with E-state index in [1.165, 1.54) is 5.69 Å². The third-order valence-electron chi connectivity index (χ3n) is 3.33. The Labute approximate surface area is 110 Å². The Morgan fingerprint density at radius 3 is 2.79 bits per heavy atom. The lowest BCUT2D eigenvalue weighted by molar-refractivity contribution is 0.0697. The van der Waals surface area contributed by atoms with Crippen molar-refractivity contribution in [3.05, 3.63) is 52.6 Å². The Bertz CT molecular complexity index is 578. The zero-order chi connectivity index (χ0) is 13.2. The van der Waals surface area contributed by atoms with E-state index in [1.807, 2.05) is 12.1 Å². The number of nitrogens with zero attached hydrogens (tertiary/aromatic N) is 1. The van der Waals surface area contributed by atoms with Crippen LogP contribution in [0.4, 0.5) is 0 Å². The van der Waals surface area contributed by atoms with E-state index in [0.29, 0.717) is 12.0 Å². The molecule has 0 amide bonds. The Hall–Kier alpha value is -2.14. The van der Waals surface area contributed by atoms with E-state index in [1.54, 1.807) is 12.1 Å². The Morgan fingerprint density at radius 1 is 1.32 bits per heavy atom. The van der Waals surface area contributed by atoms with Crippen molar-refractivity contribution in [2.75, 3.05) is 6.54 Å². The lowest BCUT2D eigenvalue weighted by Gasteiger charge is -2.09. The molecule has 1 aromatic carbocycles. The summed E-state index contributed by atoms with van der Waals surface area (Å²) < 4.78 is 0. The van der Waals surface area contributed by atoms with Crippen molar-refractivity contribution in [2.45, 2.75) is 19.4 Å². The van der Waals surface area contributed by atoms with Gasteiger partial charge >= 0.3 is 5.97 Å². The summed E-state index contributed by atoms with van der Waals surface area (Å²) in [5.41, 5.74) is 3.69. The quantitative estimate of drug-likeness (QED) is 0.775. The van der Waals surface area contributed by atoms with Gasteiger partial charge in [-0.15, -0.1) is 0 Å². The minimum absolute atomic E-state index is 0.312. The Morgan fingerprint density at radius 2 is 2.11 bits per heavy atom. The first kappa shape index (κ1) is 11.9. The zero-order valence-electron chi connectivity index (χ0n) is 10.4. The fourth-order valence-electron chi connectivity index (χ4n) is 2.32. The van der Waals surface area contributed by atoms with E-state index < -0.39 is 5.97 Å². The topological polar surface area (TPSA) is 78.0 Å². The van der Waals surface area contributed by atoms with Crippen molar-refractivity contribution in [2.24, 2.45) is 0 Å². The molecular weight excluding hydrogens is 242 g/mol. The lowest BCUT2D eigenvalue weighted by atomic mass is 10.1. The highest BCUT2D eigenvalue weighted by Crippen LogP contribution is 2.14. The normalized spacial score (nSPS) is 14.1. The van der Waals surface area contributed by atoms with Gasteiger partial charge in [0.2, 0.25) is 0 Å². The van der Waals surface area contributed by atoms with Crippen LogP contribution >= 0.6 is 0 Å². The second kappa shape index (κ2) is 4.85. The van der Waals surface area contributed by atoms with Crippen molar-refractivity contribution in [3.8, 4) is 0 Å². The zero-order valence-corrected chi connectivity index (χ0v) is 10.4. The van der Waals surface area contributed by atoms with Crippen molar-refractivity contribution >= 4 is 5.97 Å². The summed E-state index contributed by atoms with van der Waals surface area (Å²) in [5.74, 6) is 0.0443. The number of imidazole rings is 1. The van der Waals surface area contributed by atoms with Crippen molar-refractivity contribution < 1.29 is 9.90 Å². The molecule has 0 saturated carbocycles. The molecule has 2 aromatic rings. The second-order valence-electron chi connectivity index (χ2n) is 4.71. The summed E-state index contributed by atoms with van der Waals surface area (Å²) in [6.45, 7) is 1.82. The highest BCUT2D eigenvalue weighted by Gasteiger charge is 2.14. The van der Waals surface area contributed by atoms with E-state index >= 15 is 0 Å². The number of hydrogen-bond acceptors (Lipinski definition) is 3. The molecule has 0 fully saturated rings. The van der Waals surface area contributed by atoms with Crippen LogP contribution in [0.3, 0.4) is 0 Å². The van der Waals surface area contributed by atoms with Crippen molar-refractivity contribution in [3.63, 3.8) is 0 Å². The Balaban J connectivity index is 1.77. The van der Waals surface area contributed by atoms with Crippen LogP contribution in [0.5, 0.6) is 0 Å². The predicted molar refractivity (Wildman–Crippen MR) is 70.2 cm³/mol. The van der Waals surface area contributed by atoms with Gasteiger partial charge in [-0.2, -0.15) is 0 Å². The molecule has 0 spiro atoms. The number of fused-ring (bicyclic) bond motifs is 1. The van der Waals surface area contributed by atoms with Crippen molar-refractivity contribution in [1.82, 2.24) is 15.3 Å². The van der Waals surface area contributed by atoms with Gasteiger partial charge in [0.05, 0.1) is 17.0 Å². The summed E-state index contributed by atoms with van der Waals surface area (Å²) >= 11 is 0. The Kier molecular flexibility index (Phi) is 3.05. The fourth-order valence-corrected chi connectivity index (χ4v) is 2.32. The third-order valence-corrected chi connectivity index (χ3v) is 3.33. The molecule has 19 heavy (non-hydrogen) atoms. The SMILES string of the molecule is O=C(O)c1ccc(Cc2nc3c([nH]2)CNCC3)cc1. The summed E-state index contributed by atoms with van der Waals surface area (Å²) in [6.07, 6.45) is 1.66. The van der Waals surface area contributed by atoms with Gasteiger partial charge in [0.25, 0.3) is 0 Å². The molecule has 1 aromatic heterocycles. The molecule has 0 aliphatic carbocycles. The largest absolute Gasteiger partial charge is 0.478 e. The molecule has 0 unspecified atom stereocenters. The molecule has 0 saturated heterocycles. The molecule has 3 rings (SSSR count). The molecule has 5 nitrogen and oxygen atoms in total. The van der Waals surface area contributed by atoms with E-state index in [4.69, 9.17) is 5.11 Å². The second-order valence-corrected chi connectivity index (χ2v) is 4.71.